The Hall–Kier alpha value is -2.11. The van der Waals surface area contributed by atoms with Gasteiger partial charge >= 0.3 is 0 Å². The Bertz CT molecular complexity index is 890. The molecule has 0 aliphatic rings. The van der Waals surface area contributed by atoms with Crippen molar-refractivity contribution in [3.8, 4) is 0 Å². The summed E-state index contributed by atoms with van der Waals surface area (Å²) in [6.07, 6.45) is 3.58. The minimum Gasteiger partial charge on any atom is -0.324 e. The van der Waals surface area contributed by atoms with Crippen LogP contribution in [0.4, 0.5) is 0 Å². The van der Waals surface area contributed by atoms with Crippen molar-refractivity contribution in [3.05, 3.63) is 54.1 Å². The molecule has 0 aliphatic heterocycles. The molecule has 108 valence electrons. The van der Waals surface area contributed by atoms with Crippen molar-refractivity contribution in [1.82, 2.24) is 14.5 Å². The van der Waals surface area contributed by atoms with E-state index in [0.717, 1.165) is 28.3 Å². The Morgan fingerprint density at radius 3 is 2.57 bits per heavy atom. The molecule has 4 nitrogen and oxygen atoms in total. The third kappa shape index (κ3) is 2.70. The van der Waals surface area contributed by atoms with E-state index in [-0.39, 0.29) is 0 Å². The molecule has 0 amide bonds. The van der Waals surface area contributed by atoms with E-state index in [9.17, 15) is 0 Å². The summed E-state index contributed by atoms with van der Waals surface area (Å²) in [6.45, 7) is 2.78. The Kier molecular flexibility index (Phi) is 3.31. The molecule has 0 aliphatic carbocycles. The van der Waals surface area contributed by atoms with E-state index in [2.05, 4.69) is 38.4 Å². The van der Waals surface area contributed by atoms with Crippen LogP contribution in [0.3, 0.4) is 0 Å². The van der Waals surface area contributed by atoms with Crippen molar-refractivity contribution in [3.63, 3.8) is 0 Å². The molecule has 2 aromatic heterocycles. The van der Waals surface area contributed by atoms with Crippen molar-refractivity contribution in [2.45, 2.75) is 18.4 Å². The number of benzene rings is 1. The Labute approximate surface area is 124 Å². The van der Waals surface area contributed by atoms with Gasteiger partial charge in [0, 0.05) is 17.6 Å². The fourth-order valence-electron chi connectivity index (χ4n) is 2.35. The van der Waals surface area contributed by atoms with E-state index in [4.69, 9.17) is 5.14 Å². The van der Waals surface area contributed by atoms with Crippen molar-refractivity contribution < 1.29 is 0 Å². The molecule has 5 heteroatoms. The minimum atomic E-state index is -1.65. The quantitative estimate of drug-likeness (QED) is 0.756. The normalized spacial score (nSPS) is 11.9. The van der Waals surface area contributed by atoms with Crippen molar-refractivity contribution in [1.29, 1.82) is 0 Å². The van der Waals surface area contributed by atoms with E-state index in [1.165, 1.54) is 5.56 Å². The van der Waals surface area contributed by atoms with Crippen LogP contribution in [0.15, 0.2) is 47.6 Å². The van der Waals surface area contributed by atoms with E-state index in [1.807, 2.05) is 25.1 Å². The molecule has 2 heterocycles. The van der Waals surface area contributed by atoms with Gasteiger partial charge in [0.15, 0.2) is 0 Å². The molecule has 3 rings (SSSR count). The first-order valence-electron chi connectivity index (χ1n) is 6.58. The van der Waals surface area contributed by atoms with E-state index >= 15 is 0 Å². The fraction of sp³-hybridized carbons (Fsp3) is 0.125. The van der Waals surface area contributed by atoms with Crippen LogP contribution in [-0.2, 0) is 6.54 Å². The Balaban J connectivity index is 1.97. The van der Waals surface area contributed by atoms with Gasteiger partial charge in [-0.25, -0.2) is 4.98 Å². The third-order valence-corrected chi connectivity index (χ3v) is 4.69. The first-order valence-corrected chi connectivity index (χ1v) is 8.61. The number of pyridine rings is 1. The van der Waals surface area contributed by atoms with E-state index in [1.54, 1.807) is 12.4 Å². The molecular formula is C16H18N4S. The van der Waals surface area contributed by atoms with Crippen LogP contribution in [0.1, 0.15) is 11.4 Å². The summed E-state index contributed by atoms with van der Waals surface area (Å²) in [7, 11) is -1.65. The second-order valence-corrected chi connectivity index (χ2v) is 7.56. The molecule has 0 atom stereocenters. The van der Waals surface area contributed by atoms with Crippen LogP contribution >= 0.6 is 9.39 Å². The lowest BCUT2D eigenvalue weighted by atomic mass is 10.2. The highest BCUT2D eigenvalue weighted by Gasteiger charge is 2.07. The van der Waals surface area contributed by atoms with Gasteiger partial charge in [-0.1, -0.05) is 23.9 Å². The maximum absolute atomic E-state index is 5.98. The SMILES string of the molecule is C=S(=C)(N)c1ccc(Cn2c(C)nc3cnccc32)cc1. The van der Waals surface area contributed by atoms with E-state index in [0.29, 0.717) is 0 Å². The molecule has 0 fully saturated rings. The highest BCUT2D eigenvalue weighted by molar-refractivity contribution is 8.26. The zero-order valence-electron chi connectivity index (χ0n) is 12.0. The topological polar surface area (TPSA) is 56.7 Å². The summed E-state index contributed by atoms with van der Waals surface area (Å²) < 4.78 is 2.18. The molecule has 2 N–H and O–H groups in total. The molecular weight excluding hydrogens is 280 g/mol. The minimum absolute atomic E-state index is 0.772. The number of hydrogen-bond donors (Lipinski definition) is 1. The predicted octanol–water partition coefficient (Wildman–Crippen LogP) is 2.69. The zero-order chi connectivity index (χ0) is 15.0. The summed E-state index contributed by atoms with van der Waals surface area (Å²) in [6, 6.07) is 10.2. The average Bonchev–Trinajstić information content (AvgIpc) is 2.75. The van der Waals surface area contributed by atoms with Gasteiger partial charge in [-0.05, 0) is 30.7 Å². The Morgan fingerprint density at radius 2 is 1.90 bits per heavy atom. The standard InChI is InChI=1S/C16H18N4S/c1-12-19-15-10-18-9-8-16(15)20(12)11-13-4-6-14(7-5-13)21(2,3)17/h4-10H,2-3,11,17H2,1H3. The van der Waals surface area contributed by atoms with Gasteiger partial charge in [0.2, 0.25) is 0 Å². The van der Waals surface area contributed by atoms with Crippen LogP contribution in [0, 0.1) is 6.92 Å². The van der Waals surface area contributed by atoms with Crippen molar-refractivity contribution >= 4 is 32.2 Å². The molecule has 21 heavy (non-hydrogen) atoms. The highest BCUT2D eigenvalue weighted by Crippen LogP contribution is 2.24. The number of fused-ring (bicyclic) bond motifs is 1. The maximum Gasteiger partial charge on any atom is 0.107 e. The van der Waals surface area contributed by atoms with Gasteiger partial charge < -0.3 is 4.57 Å². The lowest BCUT2D eigenvalue weighted by Crippen LogP contribution is -2.02. The second-order valence-electron chi connectivity index (χ2n) is 5.20. The van der Waals surface area contributed by atoms with E-state index < -0.39 is 9.39 Å². The van der Waals surface area contributed by atoms with Crippen LogP contribution < -0.4 is 5.14 Å². The van der Waals surface area contributed by atoms with Gasteiger partial charge in [0.25, 0.3) is 0 Å². The van der Waals surface area contributed by atoms with Gasteiger partial charge in [-0.15, -0.1) is 9.39 Å². The fourth-order valence-corrected chi connectivity index (χ4v) is 3.03. The highest BCUT2D eigenvalue weighted by atomic mass is 32.2. The van der Waals surface area contributed by atoms with Gasteiger partial charge in [0.05, 0.1) is 11.7 Å². The molecule has 0 saturated heterocycles. The van der Waals surface area contributed by atoms with Crippen molar-refractivity contribution in [2.24, 2.45) is 5.14 Å². The number of aryl methyl sites for hydroxylation is 1. The molecule has 0 radical (unpaired) electrons. The number of hydrogen-bond acceptors (Lipinski definition) is 3. The smallest absolute Gasteiger partial charge is 0.107 e. The molecule has 0 unspecified atom stereocenters. The summed E-state index contributed by atoms with van der Waals surface area (Å²) in [4.78, 5) is 9.65. The molecule has 3 aromatic rings. The number of rotatable bonds is 3. The van der Waals surface area contributed by atoms with Crippen LogP contribution in [0.25, 0.3) is 11.0 Å². The lowest BCUT2D eigenvalue weighted by molar-refractivity contribution is 0.785. The zero-order valence-corrected chi connectivity index (χ0v) is 12.8. The number of imidazole rings is 1. The molecule has 0 bridgehead atoms. The largest absolute Gasteiger partial charge is 0.324 e. The third-order valence-electron chi connectivity index (χ3n) is 3.47. The van der Waals surface area contributed by atoms with Crippen LogP contribution in [0.2, 0.25) is 0 Å². The molecule has 1 aromatic carbocycles. The lowest BCUT2D eigenvalue weighted by Gasteiger charge is -2.11. The average molecular weight is 298 g/mol. The monoisotopic (exact) mass is 298 g/mol. The van der Waals surface area contributed by atoms with Crippen molar-refractivity contribution in [2.75, 3.05) is 0 Å². The van der Waals surface area contributed by atoms with Gasteiger partial charge in [0.1, 0.15) is 11.3 Å². The van der Waals surface area contributed by atoms with Crippen LogP contribution in [-0.4, -0.2) is 26.3 Å². The summed E-state index contributed by atoms with van der Waals surface area (Å²) in [5.74, 6) is 8.84. The number of aromatic nitrogens is 3. The second kappa shape index (κ2) is 5.02. The van der Waals surface area contributed by atoms with Gasteiger partial charge in [-0.2, -0.15) is 0 Å². The number of nitrogens with zero attached hydrogens (tertiary/aromatic N) is 3. The van der Waals surface area contributed by atoms with Crippen LogP contribution in [0.5, 0.6) is 0 Å². The first kappa shape index (κ1) is 13.9. The predicted molar refractivity (Wildman–Crippen MR) is 92.1 cm³/mol. The van der Waals surface area contributed by atoms with Gasteiger partial charge in [-0.3, -0.25) is 10.1 Å². The summed E-state index contributed by atoms with van der Waals surface area (Å²) >= 11 is 0. The summed E-state index contributed by atoms with van der Waals surface area (Å²) in [5.41, 5.74) is 3.22. The molecule has 0 spiro atoms. The number of nitrogens with two attached hydrogens (primary N) is 1. The summed E-state index contributed by atoms with van der Waals surface area (Å²) in [5, 5.41) is 5.98. The molecule has 0 saturated carbocycles. The first-order chi connectivity index (χ1) is 9.95. The maximum atomic E-state index is 5.98. The Morgan fingerprint density at radius 1 is 1.19 bits per heavy atom.